The van der Waals surface area contributed by atoms with Crippen molar-refractivity contribution in [3.05, 3.63) is 29.8 Å². The van der Waals surface area contributed by atoms with Crippen LogP contribution < -0.4 is 0 Å². The van der Waals surface area contributed by atoms with Crippen LogP contribution >= 0.6 is 11.8 Å². The Balaban J connectivity index is 2.46. The van der Waals surface area contributed by atoms with Gasteiger partial charge in [0.25, 0.3) is 5.91 Å². The lowest BCUT2D eigenvalue weighted by atomic mass is 10.1. The van der Waals surface area contributed by atoms with Gasteiger partial charge in [0.05, 0.1) is 0 Å². The minimum atomic E-state index is -0.918. The number of amides is 1. The van der Waals surface area contributed by atoms with E-state index in [2.05, 4.69) is 31.2 Å². The Hall–Kier alpha value is -1.00. The van der Waals surface area contributed by atoms with E-state index in [1.807, 2.05) is 11.8 Å². The van der Waals surface area contributed by atoms with Crippen molar-refractivity contribution < 1.29 is 9.90 Å². The molecule has 0 heterocycles. The summed E-state index contributed by atoms with van der Waals surface area (Å²) in [6.07, 6.45) is -0.107. The number of aliphatic hydroxyl groups excluding tert-OH is 1. The standard InChI is InChI=1S/C14H21NO2S/c1-4-18-13-7-5-12(6-8-13)9-10-15(3)14(17)11(2)16/h5-8,11,16H,4,9-10H2,1-3H3. The van der Waals surface area contributed by atoms with Gasteiger partial charge in [0.15, 0.2) is 0 Å². The Bertz CT molecular complexity index is 376. The van der Waals surface area contributed by atoms with E-state index in [1.165, 1.54) is 17.4 Å². The number of hydrogen-bond acceptors (Lipinski definition) is 3. The average molecular weight is 267 g/mol. The molecule has 1 unspecified atom stereocenters. The molecule has 100 valence electrons. The fourth-order valence-electron chi connectivity index (χ4n) is 1.64. The molecule has 0 aromatic heterocycles. The molecule has 0 saturated heterocycles. The van der Waals surface area contributed by atoms with Crippen molar-refractivity contribution in [1.82, 2.24) is 4.90 Å². The molecule has 18 heavy (non-hydrogen) atoms. The first-order valence-corrected chi connectivity index (χ1v) is 7.18. The molecule has 1 rings (SSSR count). The van der Waals surface area contributed by atoms with Crippen LogP contribution in [-0.2, 0) is 11.2 Å². The number of likely N-dealkylation sites (N-methyl/N-ethyl adjacent to an activating group) is 1. The molecule has 0 aliphatic carbocycles. The van der Waals surface area contributed by atoms with E-state index in [0.29, 0.717) is 6.54 Å². The number of benzene rings is 1. The molecule has 0 saturated carbocycles. The molecule has 0 spiro atoms. The SMILES string of the molecule is CCSc1ccc(CCN(C)C(=O)C(C)O)cc1. The van der Waals surface area contributed by atoms with Crippen molar-refractivity contribution in [3.8, 4) is 0 Å². The molecule has 0 bridgehead atoms. The zero-order valence-corrected chi connectivity index (χ0v) is 12.0. The van der Waals surface area contributed by atoms with Gasteiger partial charge in [0.1, 0.15) is 6.10 Å². The van der Waals surface area contributed by atoms with Crippen LogP contribution in [0.25, 0.3) is 0 Å². The normalized spacial score (nSPS) is 12.2. The van der Waals surface area contributed by atoms with Crippen molar-refractivity contribution in [2.45, 2.75) is 31.3 Å². The van der Waals surface area contributed by atoms with Crippen molar-refractivity contribution in [2.75, 3.05) is 19.3 Å². The molecule has 4 heteroatoms. The first kappa shape index (κ1) is 15.1. The van der Waals surface area contributed by atoms with Gasteiger partial charge in [0, 0.05) is 18.5 Å². The zero-order valence-electron chi connectivity index (χ0n) is 11.2. The predicted octanol–water partition coefficient (Wildman–Crippen LogP) is 2.18. The number of hydrogen-bond donors (Lipinski definition) is 1. The van der Waals surface area contributed by atoms with E-state index in [1.54, 1.807) is 11.9 Å². The molecule has 1 N–H and O–H groups in total. The topological polar surface area (TPSA) is 40.5 Å². The summed E-state index contributed by atoms with van der Waals surface area (Å²) in [5.74, 6) is 0.846. The third-order valence-corrected chi connectivity index (χ3v) is 3.60. The Morgan fingerprint density at radius 1 is 1.39 bits per heavy atom. The molecule has 1 amide bonds. The molecule has 1 aromatic rings. The van der Waals surface area contributed by atoms with E-state index in [4.69, 9.17) is 0 Å². The van der Waals surface area contributed by atoms with E-state index in [9.17, 15) is 9.90 Å². The molecule has 0 aliphatic heterocycles. The summed E-state index contributed by atoms with van der Waals surface area (Å²) in [6, 6.07) is 8.41. The summed E-state index contributed by atoms with van der Waals surface area (Å²) in [7, 11) is 1.72. The maximum atomic E-state index is 11.5. The zero-order chi connectivity index (χ0) is 13.5. The average Bonchev–Trinajstić information content (AvgIpc) is 2.37. The number of carbonyl (C=O) groups excluding carboxylic acids is 1. The van der Waals surface area contributed by atoms with Gasteiger partial charge in [-0.15, -0.1) is 11.8 Å². The van der Waals surface area contributed by atoms with Gasteiger partial charge in [-0.05, 0) is 36.8 Å². The van der Waals surface area contributed by atoms with Crippen LogP contribution in [-0.4, -0.2) is 41.4 Å². The summed E-state index contributed by atoms with van der Waals surface area (Å²) in [5.41, 5.74) is 1.21. The summed E-state index contributed by atoms with van der Waals surface area (Å²) in [4.78, 5) is 14.3. The highest BCUT2D eigenvalue weighted by molar-refractivity contribution is 7.99. The quantitative estimate of drug-likeness (QED) is 0.803. The molecular weight excluding hydrogens is 246 g/mol. The Labute approximate surface area is 113 Å². The third-order valence-electron chi connectivity index (χ3n) is 2.70. The number of nitrogens with zero attached hydrogens (tertiary/aromatic N) is 1. The molecule has 3 nitrogen and oxygen atoms in total. The van der Waals surface area contributed by atoms with Crippen molar-refractivity contribution in [2.24, 2.45) is 0 Å². The van der Waals surface area contributed by atoms with Crippen LogP contribution in [0.15, 0.2) is 29.2 Å². The van der Waals surface area contributed by atoms with Gasteiger partial charge in [-0.2, -0.15) is 0 Å². The highest BCUT2D eigenvalue weighted by atomic mass is 32.2. The maximum absolute atomic E-state index is 11.5. The van der Waals surface area contributed by atoms with E-state index in [-0.39, 0.29) is 5.91 Å². The smallest absolute Gasteiger partial charge is 0.250 e. The van der Waals surface area contributed by atoms with Crippen LogP contribution in [0, 0.1) is 0 Å². The van der Waals surface area contributed by atoms with Gasteiger partial charge in [0.2, 0.25) is 0 Å². The number of rotatable bonds is 6. The summed E-state index contributed by atoms with van der Waals surface area (Å²) < 4.78 is 0. The van der Waals surface area contributed by atoms with Crippen molar-refractivity contribution in [1.29, 1.82) is 0 Å². The van der Waals surface area contributed by atoms with Gasteiger partial charge in [-0.25, -0.2) is 0 Å². The second-order valence-corrected chi connectivity index (χ2v) is 5.60. The monoisotopic (exact) mass is 267 g/mol. The van der Waals surface area contributed by atoms with Crippen molar-refractivity contribution >= 4 is 17.7 Å². The van der Waals surface area contributed by atoms with Gasteiger partial charge in [-0.3, -0.25) is 4.79 Å². The van der Waals surface area contributed by atoms with Crippen LogP contribution in [0.2, 0.25) is 0 Å². The summed E-state index contributed by atoms with van der Waals surface area (Å²) in [5, 5.41) is 9.19. The second kappa shape index (κ2) is 7.44. The minimum Gasteiger partial charge on any atom is -0.384 e. The largest absolute Gasteiger partial charge is 0.384 e. The van der Waals surface area contributed by atoms with Crippen LogP contribution in [0.3, 0.4) is 0 Å². The number of thioether (sulfide) groups is 1. The lowest BCUT2D eigenvalue weighted by Crippen LogP contribution is -2.35. The van der Waals surface area contributed by atoms with E-state index >= 15 is 0 Å². The first-order chi connectivity index (χ1) is 8.54. The molecule has 1 atom stereocenters. The van der Waals surface area contributed by atoms with E-state index in [0.717, 1.165) is 12.2 Å². The molecular formula is C14H21NO2S. The summed E-state index contributed by atoms with van der Waals surface area (Å²) in [6.45, 7) is 4.26. The fourth-order valence-corrected chi connectivity index (χ4v) is 2.31. The van der Waals surface area contributed by atoms with Crippen LogP contribution in [0.4, 0.5) is 0 Å². The van der Waals surface area contributed by atoms with Crippen molar-refractivity contribution in [3.63, 3.8) is 0 Å². The third kappa shape index (κ3) is 4.70. The number of aliphatic hydroxyl groups is 1. The van der Waals surface area contributed by atoms with Gasteiger partial charge in [-0.1, -0.05) is 19.1 Å². The van der Waals surface area contributed by atoms with E-state index < -0.39 is 6.10 Å². The van der Waals surface area contributed by atoms with Crippen LogP contribution in [0.5, 0.6) is 0 Å². The molecule has 1 aromatic carbocycles. The molecule has 0 aliphatic rings. The second-order valence-electron chi connectivity index (χ2n) is 4.26. The fraction of sp³-hybridized carbons (Fsp3) is 0.500. The maximum Gasteiger partial charge on any atom is 0.250 e. The van der Waals surface area contributed by atoms with Gasteiger partial charge < -0.3 is 10.0 Å². The molecule has 0 fully saturated rings. The minimum absolute atomic E-state index is 0.229. The summed E-state index contributed by atoms with van der Waals surface area (Å²) >= 11 is 1.82. The van der Waals surface area contributed by atoms with Gasteiger partial charge >= 0.3 is 0 Å². The Morgan fingerprint density at radius 3 is 2.50 bits per heavy atom. The molecule has 0 radical (unpaired) electrons. The highest BCUT2D eigenvalue weighted by Gasteiger charge is 2.13. The highest BCUT2D eigenvalue weighted by Crippen LogP contribution is 2.17. The van der Waals surface area contributed by atoms with Crippen LogP contribution in [0.1, 0.15) is 19.4 Å². The first-order valence-electron chi connectivity index (χ1n) is 6.19. The predicted molar refractivity (Wildman–Crippen MR) is 75.9 cm³/mol. The lowest BCUT2D eigenvalue weighted by Gasteiger charge is -2.18. The number of carbonyl (C=O) groups is 1. The lowest BCUT2D eigenvalue weighted by molar-refractivity contribution is -0.137. The Kier molecular flexibility index (Phi) is 6.22. The Morgan fingerprint density at radius 2 is 2.00 bits per heavy atom.